The molecule has 7 nitrogen and oxygen atoms in total. The molecule has 0 amide bonds. The summed E-state index contributed by atoms with van der Waals surface area (Å²) in [5.41, 5.74) is 10.6. The van der Waals surface area contributed by atoms with Gasteiger partial charge in [-0.05, 0) is 31.0 Å². The summed E-state index contributed by atoms with van der Waals surface area (Å²) in [6, 6.07) is 6.55. The topological polar surface area (TPSA) is 84.1 Å². The number of rotatable bonds is 4. The summed E-state index contributed by atoms with van der Waals surface area (Å²) in [6.07, 6.45) is 1.01. The molecule has 0 aliphatic carbocycles. The molecule has 3 aromatic rings. The molecule has 0 fully saturated rings. The van der Waals surface area contributed by atoms with Crippen LogP contribution in [0.5, 0.6) is 0 Å². The van der Waals surface area contributed by atoms with Crippen molar-refractivity contribution in [1.82, 2.24) is 19.9 Å². The first kappa shape index (κ1) is 16.7. The van der Waals surface area contributed by atoms with Gasteiger partial charge in [0.15, 0.2) is 5.82 Å². The molecule has 0 atom stereocenters. The van der Waals surface area contributed by atoms with Crippen LogP contribution in [0.1, 0.15) is 16.4 Å². The smallest absolute Gasteiger partial charge is 0.229 e. The van der Waals surface area contributed by atoms with Gasteiger partial charge in [0.1, 0.15) is 0 Å². The van der Waals surface area contributed by atoms with Gasteiger partial charge >= 0.3 is 0 Å². The number of thiazole rings is 1. The number of anilines is 3. The van der Waals surface area contributed by atoms with E-state index >= 15 is 0 Å². The van der Waals surface area contributed by atoms with Gasteiger partial charge in [-0.2, -0.15) is 15.0 Å². The zero-order valence-corrected chi connectivity index (χ0v) is 15.9. The van der Waals surface area contributed by atoms with Gasteiger partial charge in [0.2, 0.25) is 11.9 Å². The van der Waals surface area contributed by atoms with Crippen LogP contribution < -0.4 is 15.5 Å². The third-order valence-electron chi connectivity index (χ3n) is 4.41. The summed E-state index contributed by atoms with van der Waals surface area (Å²) in [5.74, 6) is 1.53. The van der Waals surface area contributed by atoms with E-state index in [0.29, 0.717) is 18.3 Å². The molecular weight excluding hydrogens is 346 g/mol. The number of aromatic nitrogens is 4. The molecule has 1 aliphatic rings. The first-order valence-corrected chi connectivity index (χ1v) is 9.35. The van der Waals surface area contributed by atoms with Gasteiger partial charge in [-0.25, -0.2) is 4.98 Å². The highest BCUT2D eigenvalue weighted by Crippen LogP contribution is 2.33. The lowest BCUT2D eigenvalue weighted by Crippen LogP contribution is -2.23. The van der Waals surface area contributed by atoms with Gasteiger partial charge < -0.3 is 15.5 Å². The number of nitrogen functional groups attached to an aromatic ring is 1. The average molecular weight is 367 g/mol. The van der Waals surface area contributed by atoms with E-state index < -0.39 is 0 Å². The SMILES string of the molecule is Cc1nc(-c2ccc3c(c2)CCN3Cc2nc(N)nc(N(C)C)n2)cs1. The summed E-state index contributed by atoms with van der Waals surface area (Å²) in [4.78, 5) is 21.7. The molecule has 0 bridgehead atoms. The van der Waals surface area contributed by atoms with Crippen LogP contribution in [0.3, 0.4) is 0 Å². The minimum atomic E-state index is 0.257. The van der Waals surface area contributed by atoms with E-state index in [0.717, 1.165) is 23.7 Å². The number of aryl methyl sites for hydroxylation is 1. The Morgan fingerprint density at radius 3 is 2.77 bits per heavy atom. The Morgan fingerprint density at radius 1 is 1.19 bits per heavy atom. The van der Waals surface area contributed by atoms with Crippen LogP contribution in [0.4, 0.5) is 17.6 Å². The van der Waals surface area contributed by atoms with Crippen molar-refractivity contribution in [3.05, 3.63) is 40.0 Å². The first-order chi connectivity index (χ1) is 12.5. The molecule has 134 valence electrons. The van der Waals surface area contributed by atoms with Crippen molar-refractivity contribution in [2.24, 2.45) is 0 Å². The number of fused-ring (bicyclic) bond motifs is 1. The monoisotopic (exact) mass is 367 g/mol. The third-order valence-corrected chi connectivity index (χ3v) is 5.18. The maximum absolute atomic E-state index is 5.84. The van der Waals surface area contributed by atoms with E-state index in [9.17, 15) is 0 Å². The maximum Gasteiger partial charge on any atom is 0.229 e. The molecule has 8 heteroatoms. The Balaban J connectivity index is 1.59. The molecule has 0 saturated carbocycles. The van der Waals surface area contributed by atoms with Crippen LogP contribution in [-0.4, -0.2) is 40.6 Å². The molecule has 2 aromatic heterocycles. The molecule has 1 aromatic carbocycles. The number of hydrogen-bond acceptors (Lipinski definition) is 8. The highest BCUT2D eigenvalue weighted by Gasteiger charge is 2.21. The fourth-order valence-corrected chi connectivity index (χ4v) is 3.78. The molecule has 0 saturated heterocycles. The number of benzene rings is 1. The third kappa shape index (κ3) is 3.20. The lowest BCUT2D eigenvalue weighted by atomic mass is 10.1. The second kappa shape index (κ2) is 6.53. The zero-order valence-electron chi connectivity index (χ0n) is 15.1. The van der Waals surface area contributed by atoms with Crippen LogP contribution in [0, 0.1) is 6.92 Å². The van der Waals surface area contributed by atoms with Crippen molar-refractivity contribution in [1.29, 1.82) is 0 Å². The van der Waals surface area contributed by atoms with E-state index in [2.05, 4.69) is 48.4 Å². The molecular formula is C18H21N7S. The highest BCUT2D eigenvalue weighted by molar-refractivity contribution is 7.09. The predicted molar refractivity (Wildman–Crippen MR) is 106 cm³/mol. The fraction of sp³-hybridized carbons (Fsp3) is 0.333. The van der Waals surface area contributed by atoms with Gasteiger partial charge in [-0.1, -0.05) is 6.07 Å². The Bertz CT molecular complexity index is 950. The molecule has 2 N–H and O–H groups in total. The average Bonchev–Trinajstić information content (AvgIpc) is 3.20. The van der Waals surface area contributed by atoms with Crippen molar-refractivity contribution in [2.75, 3.05) is 36.2 Å². The van der Waals surface area contributed by atoms with Crippen LogP contribution in [0.25, 0.3) is 11.3 Å². The van der Waals surface area contributed by atoms with Gasteiger partial charge in [-0.3, -0.25) is 0 Å². The summed E-state index contributed by atoms with van der Waals surface area (Å²) < 4.78 is 0. The van der Waals surface area contributed by atoms with Crippen molar-refractivity contribution < 1.29 is 0 Å². The van der Waals surface area contributed by atoms with Crippen LogP contribution in [0.15, 0.2) is 23.6 Å². The number of nitrogens with zero attached hydrogens (tertiary/aromatic N) is 6. The molecule has 0 spiro atoms. The van der Waals surface area contributed by atoms with E-state index in [1.54, 1.807) is 11.3 Å². The Kier molecular flexibility index (Phi) is 4.20. The van der Waals surface area contributed by atoms with Crippen molar-refractivity contribution >= 4 is 28.9 Å². The maximum atomic E-state index is 5.84. The summed E-state index contributed by atoms with van der Waals surface area (Å²) >= 11 is 1.68. The Morgan fingerprint density at radius 2 is 2.04 bits per heavy atom. The van der Waals surface area contributed by atoms with Gasteiger partial charge in [0, 0.05) is 37.3 Å². The van der Waals surface area contributed by atoms with Gasteiger partial charge in [0.25, 0.3) is 0 Å². The van der Waals surface area contributed by atoms with E-state index in [4.69, 9.17) is 5.73 Å². The van der Waals surface area contributed by atoms with Crippen LogP contribution >= 0.6 is 11.3 Å². The van der Waals surface area contributed by atoms with E-state index in [1.807, 2.05) is 25.9 Å². The second-order valence-electron chi connectivity index (χ2n) is 6.57. The standard InChI is InChI=1S/C18H21N7S/c1-11-20-14(10-26-11)12-4-5-15-13(8-12)6-7-25(15)9-16-21-17(19)23-18(22-16)24(2)3/h4-5,8,10H,6-7,9H2,1-3H3,(H2,19,21,22,23). The number of nitrogens with two attached hydrogens (primary N) is 1. The summed E-state index contributed by atoms with van der Waals surface area (Å²) in [7, 11) is 3.79. The minimum absolute atomic E-state index is 0.257. The normalized spacial score (nSPS) is 13.1. The van der Waals surface area contributed by atoms with Crippen LogP contribution in [-0.2, 0) is 13.0 Å². The fourth-order valence-electron chi connectivity index (χ4n) is 3.16. The minimum Gasteiger partial charge on any atom is -0.368 e. The Labute approximate surface area is 156 Å². The quantitative estimate of drug-likeness (QED) is 0.758. The van der Waals surface area contributed by atoms with Crippen molar-refractivity contribution in [3.63, 3.8) is 0 Å². The molecule has 3 heterocycles. The van der Waals surface area contributed by atoms with Gasteiger partial charge in [-0.15, -0.1) is 11.3 Å². The molecule has 4 rings (SSSR count). The summed E-state index contributed by atoms with van der Waals surface area (Å²) in [6.45, 7) is 3.60. The highest BCUT2D eigenvalue weighted by atomic mass is 32.1. The second-order valence-corrected chi connectivity index (χ2v) is 7.63. The molecule has 0 unspecified atom stereocenters. The van der Waals surface area contributed by atoms with E-state index in [-0.39, 0.29) is 5.95 Å². The van der Waals surface area contributed by atoms with Crippen molar-refractivity contribution in [2.45, 2.75) is 19.9 Å². The molecule has 1 aliphatic heterocycles. The largest absolute Gasteiger partial charge is 0.368 e. The predicted octanol–water partition coefficient (Wildman–Crippen LogP) is 2.51. The van der Waals surface area contributed by atoms with Crippen LogP contribution in [0.2, 0.25) is 0 Å². The summed E-state index contributed by atoms with van der Waals surface area (Å²) in [5, 5.41) is 3.20. The molecule has 0 radical (unpaired) electrons. The first-order valence-electron chi connectivity index (χ1n) is 8.48. The lowest BCUT2D eigenvalue weighted by Gasteiger charge is -2.19. The lowest BCUT2D eigenvalue weighted by molar-refractivity contribution is 0.773. The molecule has 26 heavy (non-hydrogen) atoms. The Hall–Kier alpha value is -2.74. The van der Waals surface area contributed by atoms with Gasteiger partial charge in [0.05, 0.1) is 17.2 Å². The zero-order chi connectivity index (χ0) is 18.3. The number of hydrogen-bond donors (Lipinski definition) is 1. The van der Waals surface area contributed by atoms with E-state index in [1.165, 1.54) is 16.8 Å². The van der Waals surface area contributed by atoms with Crippen molar-refractivity contribution in [3.8, 4) is 11.3 Å².